The van der Waals surface area contributed by atoms with Gasteiger partial charge >= 0.3 is 0 Å². The normalized spacial score (nSPS) is 15.9. The maximum atomic E-state index is 12.8. The second-order valence-corrected chi connectivity index (χ2v) is 6.45. The Morgan fingerprint density at radius 2 is 1.62 bits per heavy atom. The van der Waals surface area contributed by atoms with Crippen molar-refractivity contribution in [2.45, 2.75) is 26.5 Å². The van der Waals surface area contributed by atoms with Crippen molar-refractivity contribution >= 4 is 5.91 Å². The van der Waals surface area contributed by atoms with E-state index in [2.05, 4.69) is 29.2 Å². The van der Waals surface area contributed by atoms with Gasteiger partial charge in [-0.15, -0.1) is 0 Å². The van der Waals surface area contributed by atoms with Crippen LogP contribution in [0.3, 0.4) is 0 Å². The van der Waals surface area contributed by atoms with Crippen molar-refractivity contribution in [3.63, 3.8) is 0 Å². The minimum absolute atomic E-state index is 0.0762. The maximum absolute atomic E-state index is 12.8. The predicted octanol–water partition coefficient (Wildman–Crippen LogP) is 2.94. The van der Waals surface area contributed by atoms with Crippen LogP contribution in [0.25, 0.3) is 0 Å². The van der Waals surface area contributed by atoms with E-state index in [1.165, 1.54) is 0 Å². The van der Waals surface area contributed by atoms with Crippen molar-refractivity contribution in [1.82, 2.24) is 15.3 Å². The standard InChI is InChI=1S/C21H27N3O2/c1-3-23-14-18(15-24(23)4-2)22-21(25)19-12-8-9-13-20(19)26-16-17-10-6-5-7-11-17/h5-13,18H,3-4,14-16H2,1-2H3,(H,22,25). The van der Waals surface area contributed by atoms with Gasteiger partial charge in [0.1, 0.15) is 12.4 Å². The van der Waals surface area contributed by atoms with E-state index in [4.69, 9.17) is 4.74 Å². The number of hydrogen-bond donors (Lipinski definition) is 1. The molecule has 0 saturated carbocycles. The average molecular weight is 353 g/mol. The van der Waals surface area contributed by atoms with Gasteiger partial charge in [-0.05, 0) is 17.7 Å². The Morgan fingerprint density at radius 3 is 2.27 bits per heavy atom. The van der Waals surface area contributed by atoms with E-state index < -0.39 is 0 Å². The van der Waals surface area contributed by atoms with Crippen LogP contribution in [-0.4, -0.2) is 48.1 Å². The summed E-state index contributed by atoms with van der Waals surface area (Å²) in [7, 11) is 0. The Kier molecular flexibility index (Phi) is 6.26. The van der Waals surface area contributed by atoms with Crippen LogP contribution >= 0.6 is 0 Å². The lowest BCUT2D eigenvalue weighted by atomic mass is 10.1. The number of hydrogen-bond acceptors (Lipinski definition) is 4. The molecule has 1 amide bonds. The third-order valence-corrected chi connectivity index (χ3v) is 4.70. The molecule has 3 rings (SSSR count). The molecule has 2 aromatic carbocycles. The van der Waals surface area contributed by atoms with Crippen LogP contribution in [-0.2, 0) is 6.61 Å². The highest BCUT2D eigenvalue weighted by atomic mass is 16.5. The molecular formula is C21H27N3O2. The van der Waals surface area contributed by atoms with Crippen molar-refractivity contribution in [3.8, 4) is 5.75 Å². The number of benzene rings is 2. The van der Waals surface area contributed by atoms with Crippen molar-refractivity contribution in [3.05, 3.63) is 65.7 Å². The molecule has 0 spiro atoms. The molecule has 138 valence electrons. The summed E-state index contributed by atoms with van der Waals surface area (Å²) in [6, 6.07) is 17.5. The van der Waals surface area contributed by atoms with Gasteiger partial charge in [-0.25, -0.2) is 10.0 Å². The average Bonchev–Trinajstić information content (AvgIpc) is 3.09. The van der Waals surface area contributed by atoms with Crippen LogP contribution in [0.4, 0.5) is 0 Å². The van der Waals surface area contributed by atoms with Gasteiger partial charge in [0.05, 0.1) is 11.6 Å². The molecule has 0 bridgehead atoms. The minimum Gasteiger partial charge on any atom is -0.488 e. The Bertz CT molecular complexity index is 708. The van der Waals surface area contributed by atoms with E-state index in [1.54, 1.807) is 0 Å². The molecule has 1 aliphatic heterocycles. The zero-order chi connectivity index (χ0) is 18.4. The van der Waals surface area contributed by atoms with Gasteiger partial charge < -0.3 is 10.1 Å². The SMILES string of the molecule is CCN1CC(NC(=O)c2ccccc2OCc2ccccc2)CN1CC. The third-order valence-electron chi connectivity index (χ3n) is 4.70. The van der Waals surface area contributed by atoms with Crippen LogP contribution < -0.4 is 10.1 Å². The van der Waals surface area contributed by atoms with Gasteiger partial charge in [-0.3, -0.25) is 4.79 Å². The molecular weight excluding hydrogens is 326 g/mol. The number of hydrazine groups is 1. The highest BCUT2D eigenvalue weighted by molar-refractivity contribution is 5.97. The zero-order valence-electron chi connectivity index (χ0n) is 15.5. The number of rotatable bonds is 7. The zero-order valence-corrected chi connectivity index (χ0v) is 15.5. The van der Waals surface area contributed by atoms with Crippen LogP contribution in [0, 0.1) is 0 Å². The first-order chi connectivity index (χ1) is 12.7. The van der Waals surface area contributed by atoms with Gasteiger partial charge in [0.25, 0.3) is 5.91 Å². The lowest BCUT2D eigenvalue weighted by molar-refractivity contribution is 0.0388. The second kappa shape index (κ2) is 8.83. The molecule has 1 saturated heterocycles. The summed E-state index contributed by atoms with van der Waals surface area (Å²) in [5.74, 6) is 0.541. The molecule has 1 aliphatic rings. The highest BCUT2D eigenvalue weighted by Crippen LogP contribution is 2.20. The number of nitrogens with zero attached hydrogens (tertiary/aromatic N) is 2. The monoisotopic (exact) mass is 353 g/mol. The van der Waals surface area contributed by atoms with E-state index in [-0.39, 0.29) is 11.9 Å². The lowest BCUT2D eigenvalue weighted by Gasteiger charge is -2.24. The first-order valence-corrected chi connectivity index (χ1v) is 9.27. The number of para-hydroxylation sites is 1. The van der Waals surface area contributed by atoms with E-state index >= 15 is 0 Å². The van der Waals surface area contributed by atoms with Gasteiger partial charge in [-0.2, -0.15) is 0 Å². The second-order valence-electron chi connectivity index (χ2n) is 6.45. The number of carbonyl (C=O) groups is 1. The molecule has 26 heavy (non-hydrogen) atoms. The fourth-order valence-electron chi connectivity index (χ4n) is 3.33. The van der Waals surface area contributed by atoms with Crippen molar-refractivity contribution < 1.29 is 9.53 Å². The Balaban J connectivity index is 1.64. The number of ether oxygens (including phenoxy) is 1. The molecule has 0 radical (unpaired) electrons. The fraction of sp³-hybridized carbons (Fsp3) is 0.381. The topological polar surface area (TPSA) is 44.8 Å². The predicted molar refractivity (Wildman–Crippen MR) is 103 cm³/mol. The number of amides is 1. The smallest absolute Gasteiger partial charge is 0.255 e. The first kappa shape index (κ1) is 18.4. The Labute approximate surface area is 155 Å². The molecule has 0 aliphatic carbocycles. The molecule has 5 heteroatoms. The molecule has 1 N–H and O–H groups in total. The molecule has 0 unspecified atom stereocenters. The summed E-state index contributed by atoms with van der Waals surface area (Å²) >= 11 is 0. The summed E-state index contributed by atoms with van der Waals surface area (Å²) < 4.78 is 5.91. The van der Waals surface area contributed by atoms with Gasteiger partial charge in [0, 0.05) is 26.2 Å². The van der Waals surface area contributed by atoms with Crippen LogP contribution in [0.2, 0.25) is 0 Å². The molecule has 5 nitrogen and oxygen atoms in total. The quantitative estimate of drug-likeness (QED) is 0.831. The van der Waals surface area contributed by atoms with Gasteiger partial charge in [-0.1, -0.05) is 56.3 Å². The Morgan fingerprint density at radius 1 is 1.00 bits per heavy atom. The molecule has 1 fully saturated rings. The fourth-order valence-corrected chi connectivity index (χ4v) is 3.33. The summed E-state index contributed by atoms with van der Waals surface area (Å²) in [4.78, 5) is 12.8. The van der Waals surface area contributed by atoms with E-state index in [0.717, 1.165) is 31.7 Å². The molecule has 2 aromatic rings. The van der Waals surface area contributed by atoms with Crippen LogP contribution in [0.5, 0.6) is 5.75 Å². The van der Waals surface area contributed by atoms with E-state index in [9.17, 15) is 4.79 Å². The van der Waals surface area contributed by atoms with Crippen molar-refractivity contribution in [2.75, 3.05) is 26.2 Å². The summed E-state index contributed by atoms with van der Waals surface area (Å²) in [5, 5.41) is 7.72. The summed E-state index contributed by atoms with van der Waals surface area (Å²) in [6.07, 6.45) is 0. The molecule has 0 aromatic heterocycles. The van der Waals surface area contributed by atoms with Crippen molar-refractivity contribution in [1.29, 1.82) is 0 Å². The number of carbonyl (C=O) groups excluding carboxylic acids is 1. The first-order valence-electron chi connectivity index (χ1n) is 9.27. The molecule has 0 atom stereocenters. The summed E-state index contributed by atoms with van der Waals surface area (Å²) in [5.41, 5.74) is 1.66. The molecule has 1 heterocycles. The number of nitrogens with one attached hydrogen (secondary N) is 1. The largest absolute Gasteiger partial charge is 0.488 e. The Hall–Kier alpha value is -2.37. The minimum atomic E-state index is -0.0762. The van der Waals surface area contributed by atoms with Gasteiger partial charge in [0.2, 0.25) is 0 Å². The van der Waals surface area contributed by atoms with Crippen LogP contribution in [0.15, 0.2) is 54.6 Å². The maximum Gasteiger partial charge on any atom is 0.255 e. The number of likely N-dealkylation sites (N-methyl/N-ethyl adjacent to an activating group) is 2. The van der Waals surface area contributed by atoms with Gasteiger partial charge in [0.15, 0.2) is 0 Å². The van der Waals surface area contributed by atoms with E-state index in [0.29, 0.717) is 17.9 Å². The van der Waals surface area contributed by atoms with Crippen molar-refractivity contribution in [2.24, 2.45) is 0 Å². The van der Waals surface area contributed by atoms with E-state index in [1.807, 2.05) is 54.6 Å². The highest BCUT2D eigenvalue weighted by Gasteiger charge is 2.29. The lowest BCUT2D eigenvalue weighted by Crippen LogP contribution is -2.38. The third kappa shape index (κ3) is 4.42. The summed E-state index contributed by atoms with van der Waals surface area (Å²) in [6.45, 7) is 8.33. The van der Waals surface area contributed by atoms with Crippen LogP contribution in [0.1, 0.15) is 29.8 Å².